The van der Waals surface area contributed by atoms with E-state index in [-0.39, 0.29) is 11.7 Å². The lowest BCUT2D eigenvalue weighted by Crippen LogP contribution is -3.14. The summed E-state index contributed by atoms with van der Waals surface area (Å²) in [5.41, 5.74) is 0.832. The number of halogens is 1. The number of anilines is 1. The molecular formula is C15H20BrN2O3+. The Bertz CT molecular complexity index is 490. The molecule has 2 aliphatic rings. The second-order valence-corrected chi connectivity index (χ2v) is 6.51. The number of carbonyl (C=O) groups is 1. The monoisotopic (exact) mass is 355 g/mol. The van der Waals surface area contributed by atoms with E-state index >= 15 is 0 Å². The van der Waals surface area contributed by atoms with Gasteiger partial charge in [-0.25, -0.2) is 0 Å². The van der Waals surface area contributed by atoms with E-state index in [0.717, 1.165) is 36.1 Å². The molecule has 0 radical (unpaired) electrons. The number of likely N-dealkylation sites (tertiary alicyclic amines) is 1. The molecule has 0 aromatic heterocycles. The molecule has 21 heavy (non-hydrogen) atoms. The van der Waals surface area contributed by atoms with E-state index in [1.807, 2.05) is 24.3 Å². The quantitative estimate of drug-likeness (QED) is 0.843. The Balaban J connectivity index is 1.46. The van der Waals surface area contributed by atoms with Gasteiger partial charge in [-0.2, -0.15) is 0 Å². The summed E-state index contributed by atoms with van der Waals surface area (Å²) in [6, 6.07) is 7.62. The van der Waals surface area contributed by atoms with Crippen LogP contribution >= 0.6 is 15.9 Å². The zero-order chi connectivity index (χ0) is 14.7. The summed E-state index contributed by atoms with van der Waals surface area (Å²) >= 11 is 3.38. The van der Waals surface area contributed by atoms with Crippen molar-refractivity contribution in [3.8, 4) is 0 Å². The zero-order valence-electron chi connectivity index (χ0n) is 11.9. The van der Waals surface area contributed by atoms with E-state index in [0.29, 0.717) is 19.8 Å². The SMILES string of the molecule is O=C(C[NH+]1CCC2(CC1)OCCO2)Nc1ccc(Br)cc1. The van der Waals surface area contributed by atoms with Crippen LogP contribution in [0.5, 0.6) is 0 Å². The molecule has 2 heterocycles. The largest absolute Gasteiger partial charge is 0.347 e. The molecule has 0 aliphatic carbocycles. The van der Waals surface area contributed by atoms with Crippen molar-refractivity contribution in [2.45, 2.75) is 18.6 Å². The average molecular weight is 356 g/mol. The van der Waals surface area contributed by atoms with Crippen molar-refractivity contribution in [1.29, 1.82) is 0 Å². The van der Waals surface area contributed by atoms with Crippen LogP contribution in [0.15, 0.2) is 28.7 Å². The van der Waals surface area contributed by atoms with Gasteiger partial charge in [0, 0.05) is 10.2 Å². The number of benzene rings is 1. The molecule has 1 aromatic carbocycles. The van der Waals surface area contributed by atoms with Gasteiger partial charge >= 0.3 is 0 Å². The number of piperidine rings is 1. The van der Waals surface area contributed by atoms with Crippen LogP contribution in [0.4, 0.5) is 5.69 Å². The number of rotatable bonds is 3. The molecule has 0 unspecified atom stereocenters. The van der Waals surface area contributed by atoms with Crippen LogP contribution in [0.25, 0.3) is 0 Å². The van der Waals surface area contributed by atoms with Gasteiger partial charge in [-0.15, -0.1) is 0 Å². The van der Waals surface area contributed by atoms with E-state index in [2.05, 4.69) is 21.2 Å². The Morgan fingerprint density at radius 2 is 1.81 bits per heavy atom. The van der Waals surface area contributed by atoms with E-state index in [1.54, 1.807) is 0 Å². The maximum absolute atomic E-state index is 12.1. The van der Waals surface area contributed by atoms with E-state index in [1.165, 1.54) is 4.90 Å². The lowest BCUT2D eigenvalue weighted by atomic mass is 10.0. The number of carbonyl (C=O) groups excluding carboxylic acids is 1. The van der Waals surface area contributed by atoms with Crippen LogP contribution in [-0.4, -0.2) is 44.5 Å². The summed E-state index contributed by atoms with van der Waals surface area (Å²) in [7, 11) is 0. The summed E-state index contributed by atoms with van der Waals surface area (Å²) in [6.07, 6.45) is 1.74. The van der Waals surface area contributed by atoms with E-state index in [9.17, 15) is 4.79 Å². The molecule has 3 rings (SSSR count). The third kappa shape index (κ3) is 3.83. The molecule has 0 atom stereocenters. The summed E-state index contributed by atoms with van der Waals surface area (Å²) in [4.78, 5) is 13.4. The maximum Gasteiger partial charge on any atom is 0.279 e. The first-order valence-electron chi connectivity index (χ1n) is 7.32. The highest BCUT2D eigenvalue weighted by atomic mass is 79.9. The number of amides is 1. The van der Waals surface area contributed by atoms with Crippen molar-refractivity contribution in [3.05, 3.63) is 28.7 Å². The molecule has 0 bridgehead atoms. The van der Waals surface area contributed by atoms with Crippen molar-refractivity contribution < 1.29 is 19.2 Å². The first-order valence-corrected chi connectivity index (χ1v) is 8.11. The Morgan fingerprint density at radius 1 is 1.19 bits per heavy atom. The van der Waals surface area contributed by atoms with Gasteiger partial charge in [0.05, 0.1) is 39.1 Å². The molecule has 2 N–H and O–H groups in total. The van der Waals surface area contributed by atoms with Gasteiger partial charge in [-0.1, -0.05) is 15.9 Å². The number of ether oxygens (including phenoxy) is 2. The molecule has 2 aliphatic heterocycles. The van der Waals surface area contributed by atoms with E-state index in [4.69, 9.17) is 9.47 Å². The van der Waals surface area contributed by atoms with Gasteiger partial charge in [0.15, 0.2) is 12.3 Å². The molecule has 1 amide bonds. The minimum Gasteiger partial charge on any atom is -0.347 e. The second kappa shape index (κ2) is 6.44. The predicted octanol–water partition coefficient (Wildman–Crippen LogP) is 0.809. The molecule has 5 nitrogen and oxygen atoms in total. The van der Waals surface area contributed by atoms with Gasteiger partial charge in [-0.3, -0.25) is 4.79 Å². The highest BCUT2D eigenvalue weighted by Crippen LogP contribution is 2.27. The number of hydrogen-bond acceptors (Lipinski definition) is 3. The predicted molar refractivity (Wildman–Crippen MR) is 82.2 cm³/mol. The maximum atomic E-state index is 12.1. The fraction of sp³-hybridized carbons (Fsp3) is 0.533. The molecular weight excluding hydrogens is 336 g/mol. The number of hydrogen-bond donors (Lipinski definition) is 2. The topological polar surface area (TPSA) is 52.0 Å². The van der Waals surface area contributed by atoms with Gasteiger partial charge in [0.25, 0.3) is 5.91 Å². The number of quaternary nitrogens is 1. The van der Waals surface area contributed by atoms with Crippen LogP contribution in [0.2, 0.25) is 0 Å². The highest BCUT2D eigenvalue weighted by molar-refractivity contribution is 9.10. The lowest BCUT2D eigenvalue weighted by Gasteiger charge is -2.34. The third-order valence-electron chi connectivity index (χ3n) is 4.07. The van der Waals surface area contributed by atoms with E-state index < -0.39 is 0 Å². The number of nitrogens with one attached hydrogen (secondary N) is 2. The standard InChI is InChI=1S/C15H19BrN2O3/c16-12-1-3-13(4-2-12)17-14(19)11-18-7-5-15(6-8-18)20-9-10-21-15/h1-4H,5-11H2,(H,17,19)/p+1. The Labute approximate surface area is 132 Å². The van der Waals surface area contributed by atoms with Crippen molar-refractivity contribution >= 4 is 27.5 Å². The van der Waals surface area contributed by atoms with Crippen molar-refractivity contribution in [2.24, 2.45) is 0 Å². The first kappa shape index (κ1) is 15.0. The fourth-order valence-corrected chi connectivity index (χ4v) is 3.18. The third-order valence-corrected chi connectivity index (χ3v) is 4.60. The van der Waals surface area contributed by atoms with Crippen LogP contribution in [0.1, 0.15) is 12.8 Å². The van der Waals surface area contributed by atoms with Crippen molar-refractivity contribution in [2.75, 3.05) is 38.2 Å². The van der Waals surface area contributed by atoms with Gasteiger partial charge < -0.3 is 19.7 Å². The molecule has 2 fully saturated rings. The first-order chi connectivity index (χ1) is 10.2. The minimum atomic E-state index is -0.355. The summed E-state index contributed by atoms with van der Waals surface area (Å²) in [5, 5.41) is 2.93. The van der Waals surface area contributed by atoms with Crippen LogP contribution in [-0.2, 0) is 14.3 Å². The van der Waals surface area contributed by atoms with Gasteiger partial charge in [-0.05, 0) is 24.3 Å². The van der Waals surface area contributed by atoms with Gasteiger partial charge in [0.1, 0.15) is 0 Å². The summed E-state index contributed by atoms with van der Waals surface area (Å²) in [6.45, 7) is 3.70. The molecule has 1 spiro atoms. The summed E-state index contributed by atoms with van der Waals surface area (Å²) < 4.78 is 12.4. The fourth-order valence-electron chi connectivity index (χ4n) is 2.91. The van der Waals surface area contributed by atoms with Gasteiger partial charge in [0.2, 0.25) is 0 Å². The Hall–Kier alpha value is -0.950. The Morgan fingerprint density at radius 3 is 2.43 bits per heavy atom. The van der Waals surface area contributed by atoms with Crippen LogP contribution in [0.3, 0.4) is 0 Å². The Kier molecular flexibility index (Phi) is 4.59. The molecule has 0 saturated carbocycles. The van der Waals surface area contributed by atoms with Crippen LogP contribution in [0, 0.1) is 0 Å². The van der Waals surface area contributed by atoms with Crippen LogP contribution < -0.4 is 10.2 Å². The minimum absolute atomic E-state index is 0.0523. The zero-order valence-corrected chi connectivity index (χ0v) is 13.4. The van der Waals surface area contributed by atoms with Crippen molar-refractivity contribution in [1.82, 2.24) is 0 Å². The highest BCUT2D eigenvalue weighted by Gasteiger charge is 2.41. The molecule has 114 valence electrons. The van der Waals surface area contributed by atoms with Crippen molar-refractivity contribution in [3.63, 3.8) is 0 Å². The lowest BCUT2D eigenvalue weighted by molar-refractivity contribution is -0.900. The molecule has 2 saturated heterocycles. The molecule has 6 heteroatoms. The smallest absolute Gasteiger partial charge is 0.279 e. The molecule has 1 aromatic rings. The summed E-state index contributed by atoms with van der Waals surface area (Å²) in [5.74, 6) is -0.303. The normalized spacial score (nSPS) is 21.6. The second-order valence-electron chi connectivity index (χ2n) is 5.59. The average Bonchev–Trinajstić information content (AvgIpc) is 2.93.